The Morgan fingerprint density at radius 3 is 2.58 bits per heavy atom. The lowest BCUT2D eigenvalue weighted by molar-refractivity contribution is 0.0872. The second kappa shape index (κ2) is 10.2. The average molecular weight is 333 g/mol. The van der Waals surface area contributed by atoms with Crippen molar-refractivity contribution in [1.29, 1.82) is 0 Å². The van der Waals surface area contributed by atoms with E-state index >= 15 is 0 Å². The molecule has 3 nitrogen and oxygen atoms in total. The molecule has 0 saturated heterocycles. The van der Waals surface area contributed by atoms with E-state index in [2.05, 4.69) is 61.3 Å². The first-order chi connectivity index (χ1) is 11.6. The van der Waals surface area contributed by atoms with Crippen molar-refractivity contribution < 1.29 is 5.11 Å². The van der Waals surface area contributed by atoms with Crippen LogP contribution in [0.25, 0.3) is 0 Å². The summed E-state index contributed by atoms with van der Waals surface area (Å²) in [5.74, 6) is 2.22. The van der Waals surface area contributed by atoms with Crippen LogP contribution in [0.1, 0.15) is 45.6 Å². The molecular formula is C21H36N2O. The third kappa shape index (κ3) is 5.87. The van der Waals surface area contributed by atoms with Crippen molar-refractivity contribution in [2.45, 2.75) is 52.6 Å². The zero-order valence-corrected chi connectivity index (χ0v) is 15.7. The van der Waals surface area contributed by atoms with Crippen LogP contribution < -0.4 is 5.32 Å². The van der Waals surface area contributed by atoms with E-state index < -0.39 is 0 Å². The molecule has 2 rings (SSSR count). The van der Waals surface area contributed by atoms with E-state index in [0.29, 0.717) is 12.0 Å². The van der Waals surface area contributed by atoms with Gasteiger partial charge in [0.25, 0.3) is 0 Å². The maximum absolute atomic E-state index is 9.50. The summed E-state index contributed by atoms with van der Waals surface area (Å²) in [5, 5.41) is 13.3. The number of aliphatic hydroxyl groups excluding tert-OH is 1. The fourth-order valence-corrected chi connectivity index (χ4v) is 4.30. The molecule has 0 bridgehead atoms. The largest absolute Gasteiger partial charge is 0.395 e. The molecule has 4 atom stereocenters. The standard InChI is InChI=1S/C21H36N2O/c1-4-10-22-21-14-17(2)13-18(3)20(21)16-23(11-12-24)15-19-8-6-5-7-9-19/h5-9,17-18,20-22,24H,4,10-16H2,1-3H3. The first-order valence-corrected chi connectivity index (χ1v) is 9.74. The van der Waals surface area contributed by atoms with Crippen molar-refractivity contribution in [2.75, 3.05) is 26.2 Å². The molecule has 0 heterocycles. The maximum atomic E-state index is 9.50. The Morgan fingerprint density at radius 2 is 1.92 bits per heavy atom. The lowest BCUT2D eigenvalue weighted by Crippen LogP contribution is -2.49. The van der Waals surface area contributed by atoms with Crippen LogP contribution >= 0.6 is 0 Å². The lowest BCUT2D eigenvalue weighted by atomic mass is 9.72. The fraction of sp³-hybridized carbons (Fsp3) is 0.714. The van der Waals surface area contributed by atoms with Crippen molar-refractivity contribution in [3.8, 4) is 0 Å². The zero-order valence-electron chi connectivity index (χ0n) is 15.7. The van der Waals surface area contributed by atoms with Crippen LogP contribution in [0.5, 0.6) is 0 Å². The first-order valence-electron chi connectivity index (χ1n) is 9.74. The van der Waals surface area contributed by atoms with E-state index in [1.165, 1.54) is 24.8 Å². The van der Waals surface area contributed by atoms with Gasteiger partial charge in [-0.1, -0.05) is 51.1 Å². The van der Waals surface area contributed by atoms with Crippen LogP contribution in [0, 0.1) is 17.8 Å². The molecule has 24 heavy (non-hydrogen) atoms. The van der Waals surface area contributed by atoms with Crippen molar-refractivity contribution in [3.63, 3.8) is 0 Å². The first kappa shape index (κ1) is 19.4. The van der Waals surface area contributed by atoms with E-state index in [4.69, 9.17) is 0 Å². The Balaban J connectivity index is 2.03. The van der Waals surface area contributed by atoms with E-state index in [9.17, 15) is 5.11 Å². The Hall–Kier alpha value is -0.900. The van der Waals surface area contributed by atoms with Gasteiger partial charge in [-0.2, -0.15) is 0 Å². The molecule has 1 saturated carbocycles. The minimum atomic E-state index is 0.234. The summed E-state index contributed by atoms with van der Waals surface area (Å²) in [7, 11) is 0. The summed E-state index contributed by atoms with van der Waals surface area (Å²) in [5.41, 5.74) is 1.33. The lowest BCUT2D eigenvalue weighted by Gasteiger charge is -2.42. The summed E-state index contributed by atoms with van der Waals surface area (Å²) in [6, 6.07) is 11.2. The van der Waals surface area contributed by atoms with Crippen LogP contribution in [0.3, 0.4) is 0 Å². The molecule has 136 valence electrons. The number of hydrogen-bond acceptors (Lipinski definition) is 3. The van der Waals surface area contributed by atoms with Gasteiger partial charge in [-0.25, -0.2) is 0 Å². The molecule has 1 aromatic carbocycles. The molecule has 2 N–H and O–H groups in total. The van der Waals surface area contributed by atoms with Crippen LogP contribution in [0.15, 0.2) is 30.3 Å². The molecule has 1 fully saturated rings. The fourth-order valence-electron chi connectivity index (χ4n) is 4.30. The Morgan fingerprint density at radius 1 is 1.17 bits per heavy atom. The molecule has 1 aliphatic carbocycles. The molecule has 0 aromatic heterocycles. The van der Waals surface area contributed by atoms with Gasteiger partial charge in [-0.05, 0) is 49.1 Å². The number of rotatable bonds is 9. The zero-order chi connectivity index (χ0) is 17.4. The summed E-state index contributed by atoms with van der Waals surface area (Å²) in [4.78, 5) is 2.44. The topological polar surface area (TPSA) is 35.5 Å². The van der Waals surface area contributed by atoms with Crippen molar-refractivity contribution in [1.82, 2.24) is 10.2 Å². The highest BCUT2D eigenvalue weighted by atomic mass is 16.3. The molecule has 3 heteroatoms. The minimum absolute atomic E-state index is 0.234. The smallest absolute Gasteiger partial charge is 0.0558 e. The van der Waals surface area contributed by atoms with Gasteiger partial charge in [0.15, 0.2) is 0 Å². The SMILES string of the molecule is CCCNC1CC(C)CC(C)C1CN(CCO)Cc1ccccc1. The van der Waals surface area contributed by atoms with Gasteiger partial charge < -0.3 is 10.4 Å². The third-order valence-corrected chi connectivity index (χ3v) is 5.47. The predicted molar refractivity (Wildman–Crippen MR) is 102 cm³/mol. The van der Waals surface area contributed by atoms with Crippen LogP contribution in [-0.4, -0.2) is 42.3 Å². The van der Waals surface area contributed by atoms with Crippen LogP contribution in [0.4, 0.5) is 0 Å². The number of benzene rings is 1. The predicted octanol–water partition coefficient (Wildman–Crippen LogP) is 3.53. The highest BCUT2D eigenvalue weighted by molar-refractivity contribution is 5.14. The number of hydrogen-bond donors (Lipinski definition) is 2. The molecule has 0 spiro atoms. The number of nitrogens with one attached hydrogen (secondary N) is 1. The van der Waals surface area contributed by atoms with E-state index in [1.807, 2.05) is 0 Å². The summed E-state index contributed by atoms with van der Waals surface area (Å²) < 4.78 is 0. The molecule has 0 radical (unpaired) electrons. The number of nitrogens with zero attached hydrogens (tertiary/aromatic N) is 1. The van der Waals surface area contributed by atoms with Gasteiger partial charge in [0.05, 0.1) is 6.61 Å². The van der Waals surface area contributed by atoms with Gasteiger partial charge in [-0.15, -0.1) is 0 Å². The van der Waals surface area contributed by atoms with Gasteiger partial charge in [0.1, 0.15) is 0 Å². The molecule has 0 aliphatic heterocycles. The molecular weight excluding hydrogens is 296 g/mol. The second-order valence-electron chi connectivity index (χ2n) is 7.72. The number of aliphatic hydroxyl groups is 1. The van der Waals surface area contributed by atoms with Crippen molar-refractivity contribution in [3.05, 3.63) is 35.9 Å². The summed E-state index contributed by atoms with van der Waals surface area (Å²) >= 11 is 0. The Labute approximate surface area is 148 Å². The second-order valence-corrected chi connectivity index (χ2v) is 7.72. The molecule has 1 aromatic rings. The van der Waals surface area contributed by atoms with Crippen LogP contribution in [0.2, 0.25) is 0 Å². The normalized spacial score (nSPS) is 27.5. The Kier molecular flexibility index (Phi) is 8.23. The average Bonchev–Trinajstić information content (AvgIpc) is 2.56. The summed E-state index contributed by atoms with van der Waals surface area (Å²) in [6.07, 6.45) is 3.80. The van der Waals surface area contributed by atoms with Gasteiger partial charge in [0, 0.05) is 25.7 Å². The van der Waals surface area contributed by atoms with E-state index in [1.54, 1.807) is 0 Å². The van der Waals surface area contributed by atoms with Crippen molar-refractivity contribution >= 4 is 0 Å². The monoisotopic (exact) mass is 332 g/mol. The van der Waals surface area contributed by atoms with Crippen LogP contribution in [-0.2, 0) is 6.54 Å². The quantitative estimate of drug-likeness (QED) is 0.726. The highest BCUT2D eigenvalue weighted by Gasteiger charge is 2.34. The van der Waals surface area contributed by atoms with Gasteiger partial charge >= 0.3 is 0 Å². The van der Waals surface area contributed by atoms with E-state index in [-0.39, 0.29) is 6.61 Å². The van der Waals surface area contributed by atoms with E-state index in [0.717, 1.165) is 38.0 Å². The molecule has 4 unspecified atom stereocenters. The Bertz CT molecular complexity index is 450. The maximum Gasteiger partial charge on any atom is 0.0558 e. The highest BCUT2D eigenvalue weighted by Crippen LogP contribution is 2.34. The molecule has 1 aliphatic rings. The van der Waals surface area contributed by atoms with Crippen molar-refractivity contribution in [2.24, 2.45) is 17.8 Å². The third-order valence-electron chi connectivity index (χ3n) is 5.47. The molecule has 0 amide bonds. The van der Waals surface area contributed by atoms with Gasteiger partial charge in [0.2, 0.25) is 0 Å². The van der Waals surface area contributed by atoms with Gasteiger partial charge in [-0.3, -0.25) is 4.90 Å². The minimum Gasteiger partial charge on any atom is -0.395 e. The summed E-state index contributed by atoms with van der Waals surface area (Å²) in [6.45, 7) is 11.2.